The highest BCUT2D eigenvalue weighted by molar-refractivity contribution is 5.06. The molecule has 27 heavy (non-hydrogen) atoms. The Hall–Kier alpha value is -0.0400. The summed E-state index contributed by atoms with van der Waals surface area (Å²) in [6, 6.07) is 0. The fourth-order valence-electron chi connectivity index (χ4n) is 8.67. The molecule has 0 bridgehead atoms. The predicted molar refractivity (Wildman–Crippen MR) is 114 cm³/mol. The normalized spacial score (nSPS) is 48.4. The maximum absolute atomic E-state index is 10.1. The maximum Gasteiger partial charge on any atom is 0.0543 e. The first-order valence-corrected chi connectivity index (χ1v) is 12.4. The molecule has 4 rings (SSSR count). The van der Waals surface area contributed by atoms with Crippen LogP contribution < -0.4 is 0 Å². The minimum absolute atomic E-state index is 0.0104. The van der Waals surface area contributed by atoms with Gasteiger partial charge in [-0.1, -0.05) is 34.6 Å². The molecule has 0 aliphatic heterocycles. The molecule has 1 heteroatoms. The third-order valence-electron chi connectivity index (χ3n) is 10.0. The highest BCUT2D eigenvalue weighted by atomic mass is 16.3. The predicted octanol–water partition coefficient (Wildman–Crippen LogP) is 7.08. The zero-order chi connectivity index (χ0) is 19.4. The van der Waals surface area contributed by atoms with E-state index in [0.29, 0.717) is 10.8 Å². The molecule has 0 heterocycles. The molecule has 0 unspecified atom stereocenters. The Morgan fingerprint density at radius 1 is 0.926 bits per heavy atom. The molecule has 4 aliphatic carbocycles. The summed E-state index contributed by atoms with van der Waals surface area (Å²) in [5.41, 5.74) is 1.11. The number of aliphatic hydroxyl groups excluding tert-OH is 1. The van der Waals surface area contributed by atoms with Crippen molar-refractivity contribution < 1.29 is 5.11 Å². The van der Waals surface area contributed by atoms with Gasteiger partial charge >= 0.3 is 0 Å². The molecular formula is C26H46O. The average molecular weight is 375 g/mol. The zero-order valence-corrected chi connectivity index (χ0v) is 18.8. The van der Waals surface area contributed by atoms with Crippen LogP contribution in [0.1, 0.15) is 105 Å². The molecule has 4 fully saturated rings. The molecule has 0 amide bonds. The molecule has 4 saturated carbocycles. The standard InChI is InChI=1S/C26H46O/c1-17(12-14-25(2,3)4)23-10-11-24-22-8-6-18-16-19(27)7-9-20(18)21(22)13-15-26(23,24)5/h17-24,27H,6-16H2,1-5H3/t17-,18-,19+,20+,21-,22-,23-,24+,26-/m1/s1. The van der Waals surface area contributed by atoms with E-state index in [4.69, 9.17) is 0 Å². The number of rotatable bonds is 3. The van der Waals surface area contributed by atoms with Gasteiger partial charge in [-0.05, 0) is 123 Å². The first-order valence-electron chi connectivity index (χ1n) is 12.4. The summed E-state index contributed by atoms with van der Waals surface area (Å²) >= 11 is 0. The van der Waals surface area contributed by atoms with Crippen molar-refractivity contribution in [2.75, 3.05) is 0 Å². The minimum atomic E-state index is 0.0104. The van der Waals surface area contributed by atoms with Crippen molar-refractivity contribution in [3.63, 3.8) is 0 Å². The van der Waals surface area contributed by atoms with E-state index in [2.05, 4.69) is 34.6 Å². The Balaban J connectivity index is 1.45. The highest BCUT2D eigenvalue weighted by Crippen LogP contribution is 2.65. The summed E-state index contributed by atoms with van der Waals surface area (Å²) in [4.78, 5) is 0. The summed E-state index contributed by atoms with van der Waals surface area (Å²) in [6.45, 7) is 12.5. The second-order valence-corrected chi connectivity index (χ2v) is 12.7. The van der Waals surface area contributed by atoms with Crippen molar-refractivity contribution in [3.05, 3.63) is 0 Å². The zero-order valence-electron chi connectivity index (χ0n) is 18.8. The quantitative estimate of drug-likeness (QED) is 0.559. The van der Waals surface area contributed by atoms with Crippen LogP contribution in [0.5, 0.6) is 0 Å². The summed E-state index contributed by atoms with van der Waals surface area (Å²) < 4.78 is 0. The van der Waals surface area contributed by atoms with Crippen molar-refractivity contribution >= 4 is 0 Å². The van der Waals surface area contributed by atoms with Crippen LogP contribution in [-0.2, 0) is 0 Å². The number of fused-ring (bicyclic) bond motifs is 5. The summed E-state index contributed by atoms with van der Waals surface area (Å²) in [5.74, 6) is 6.69. The lowest BCUT2D eigenvalue weighted by atomic mass is 9.49. The van der Waals surface area contributed by atoms with Crippen LogP contribution >= 0.6 is 0 Å². The van der Waals surface area contributed by atoms with Gasteiger partial charge in [-0.2, -0.15) is 0 Å². The average Bonchev–Trinajstić information content (AvgIpc) is 2.96. The highest BCUT2D eigenvalue weighted by Gasteiger charge is 2.57. The van der Waals surface area contributed by atoms with Crippen LogP contribution in [-0.4, -0.2) is 11.2 Å². The van der Waals surface area contributed by atoms with Gasteiger partial charge < -0.3 is 5.11 Å². The van der Waals surface area contributed by atoms with Crippen LogP contribution in [0.4, 0.5) is 0 Å². The van der Waals surface area contributed by atoms with Crippen LogP contribution in [0.25, 0.3) is 0 Å². The molecule has 0 radical (unpaired) electrons. The Morgan fingerprint density at radius 3 is 2.41 bits per heavy atom. The summed E-state index contributed by atoms with van der Waals surface area (Å²) in [7, 11) is 0. The van der Waals surface area contributed by atoms with E-state index >= 15 is 0 Å². The number of aliphatic hydroxyl groups is 1. The molecule has 0 saturated heterocycles. The topological polar surface area (TPSA) is 20.2 Å². The van der Waals surface area contributed by atoms with Crippen LogP contribution in [0, 0.1) is 52.3 Å². The van der Waals surface area contributed by atoms with E-state index in [1.165, 1.54) is 57.8 Å². The number of hydrogen-bond acceptors (Lipinski definition) is 1. The third-order valence-corrected chi connectivity index (χ3v) is 10.0. The molecule has 0 aromatic heterocycles. The van der Waals surface area contributed by atoms with Gasteiger partial charge in [0.2, 0.25) is 0 Å². The molecule has 156 valence electrons. The lowest BCUT2D eigenvalue weighted by Gasteiger charge is -2.56. The van der Waals surface area contributed by atoms with Crippen LogP contribution in [0.3, 0.4) is 0 Å². The van der Waals surface area contributed by atoms with Crippen molar-refractivity contribution in [3.8, 4) is 0 Å². The fourth-order valence-corrected chi connectivity index (χ4v) is 8.67. The second kappa shape index (κ2) is 7.33. The molecular weight excluding hydrogens is 328 g/mol. The van der Waals surface area contributed by atoms with Gasteiger partial charge in [-0.15, -0.1) is 0 Å². The van der Waals surface area contributed by atoms with E-state index in [1.54, 1.807) is 0 Å². The monoisotopic (exact) mass is 374 g/mol. The van der Waals surface area contributed by atoms with Gasteiger partial charge in [0.25, 0.3) is 0 Å². The van der Waals surface area contributed by atoms with Crippen molar-refractivity contribution in [1.82, 2.24) is 0 Å². The Labute approximate surface area is 169 Å². The van der Waals surface area contributed by atoms with Gasteiger partial charge in [0.15, 0.2) is 0 Å². The lowest BCUT2D eigenvalue weighted by Crippen LogP contribution is -2.49. The molecule has 0 spiro atoms. The molecule has 1 N–H and O–H groups in total. The molecule has 0 aromatic rings. The van der Waals surface area contributed by atoms with E-state index in [9.17, 15) is 5.11 Å². The van der Waals surface area contributed by atoms with E-state index < -0.39 is 0 Å². The van der Waals surface area contributed by atoms with E-state index in [-0.39, 0.29) is 6.10 Å². The first kappa shape index (κ1) is 20.2. The van der Waals surface area contributed by atoms with Crippen molar-refractivity contribution in [2.45, 2.75) is 111 Å². The number of hydrogen-bond donors (Lipinski definition) is 1. The third kappa shape index (κ3) is 3.76. The van der Waals surface area contributed by atoms with Crippen LogP contribution in [0.15, 0.2) is 0 Å². The fraction of sp³-hybridized carbons (Fsp3) is 1.00. The molecule has 4 aliphatic rings. The summed E-state index contributed by atoms with van der Waals surface area (Å²) in [6.07, 6.45) is 15.2. The Morgan fingerprint density at radius 2 is 1.67 bits per heavy atom. The smallest absolute Gasteiger partial charge is 0.0543 e. The second-order valence-electron chi connectivity index (χ2n) is 12.7. The van der Waals surface area contributed by atoms with Crippen molar-refractivity contribution in [2.24, 2.45) is 52.3 Å². The van der Waals surface area contributed by atoms with Gasteiger partial charge in [-0.3, -0.25) is 0 Å². The molecule has 0 aromatic carbocycles. The Bertz CT molecular complexity index is 519. The van der Waals surface area contributed by atoms with Gasteiger partial charge in [-0.25, -0.2) is 0 Å². The molecule has 9 atom stereocenters. The van der Waals surface area contributed by atoms with E-state index in [0.717, 1.165) is 54.3 Å². The van der Waals surface area contributed by atoms with Gasteiger partial charge in [0.05, 0.1) is 6.10 Å². The summed E-state index contributed by atoms with van der Waals surface area (Å²) in [5, 5.41) is 10.1. The van der Waals surface area contributed by atoms with Gasteiger partial charge in [0.1, 0.15) is 0 Å². The van der Waals surface area contributed by atoms with Crippen LogP contribution in [0.2, 0.25) is 0 Å². The minimum Gasteiger partial charge on any atom is -0.393 e. The van der Waals surface area contributed by atoms with Crippen molar-refractivity contribution in [1.29, 1.82) is 0 Å². The first-order chi connectivity index (χ1) is 12.7. The van der Waals surface area contributed by atoms with Gasteiger partial charge in [0, 0.05) is 0 Å². The lowest BCUT2D eigenvalue weighted by molar-refractivity contribution is -0.0823. The molecule has 1 nitrogen and oxygen atoms in total. The SMILES string of the molecule is C[C@H](CCC(C)(C)C)[C@H]1CC[C@H]2[C@@H]3CC[C@@H]4C[C@@H](O)CC[C@@H]4[C@H]3CC[C@]12C. The largest absolute Gasteiger partial charge is 0.393 e. The van der Waals surface area contributed by atoms with E-state index in [1.807, 2.05) is 0 Å². The Kier molecular flexibility index (Phi) is 5.50. The maximum atomic E-state index is 10.1.